The number of hydrogen-bond acceptors (Lipinski definition) is 5. The van der Waals surface area contributed by atoms with E-state index in [0.717, 1.165) is 17.0 Å². The van der Waals surface area contributed by atoms with Crippen molar-refractivity contribution in [1.82, 2.24) is 14.8 Å². The molecule has 3 aromatic rings. The summed E-state index contributed by atoms with van der Waals surface area (Å²) in [5.74, 6) is 0.960. The van der Waals surface area contributed by atoms with Crippen LogP contribution in [-0.2, 0) is 4.79 Å². The topological polar surface area (TPSA) is 69.0 Å². The summed E-state index contributed by atoms with van der Waals surface area (Å²) in [5, 5.41) is 7.51. The van der Waals surface area contributed by atoms with Crippen molar-refractivity contribution in [3.63, 3.8) is 0 Å². The quantitative estimate of drug-likeness (QED) is 0.736. The van der Waals surface area contributed by atoms with Crippen LogP contribution in [0, 0.1) is 5.82 Å². The molecule has 7 heteroatoms. The van der Waals surface area contributed by atoms with E-state index in [-0.39, 0.29) is 17.5 Å². The van der Waals surface area contributed by atoms with E-state index in [1.165, 1.54) is 12.4 Å². The average molecular weight is 390 g/mol. The number of Topliss-reactive ketones (excluding diaryl/α,β-unsaturated/α-hetero) is 1. The lowest BCUT2D eigenvalue weighted by molar-refractivity contribution is -0.116. The molecule has 0 radical (unpaired) electrons. The first kappa shape index (κ1) is 17.6. The number of anilines is 1. The minimum Gasteiger partial charge on any atom is -0.497 e. The number of ether oxygens (including phenoxy) is 1. The largest absolute Gasteiger partial charge is 0.497 e. The Morgan fingerprint density at radius 3 is 2.69 bits per heavy atom. The number of halogens is 1. The van der Waals surface area contributed by atoms with Gasteiger partial charge in [0.2, 0.25) is 5.95 Å². The highest BCUT2D eigenvalue weighted by molar-refractivity contribution is 6.00. The van der Waals surface area contributed by atoms with Gasteiger partial charge in [-0.3, -0.25) is 4.79 Å². The molecule has 29 heavy (non-hydrogen) atoms. The number of carbonyl (C=O) groups excluding carboxylic acids is 1. The normalized spacial score (nSPS) is 20.7. The molecule has 1 aliphatic carbocycles. The summed E-state index contributed by atoms with van der Waals surface area (Å²) >= 11 is 0. The zero-order chi connectivity index (χ0) is 20.0. The van der Waals surface area contributed by atoms with Crippen molar-refractivity contribution in [1.29, 1.82) is 0 Å². The summed E-state index contributed by atoms with van der Waals surface area (Å²) in [5.41, 5.74) is 2.85. The van der Waals surface area contributed by atoms with Gasteiger partial charge in [0, 0.05) is 23.3 Å². The zero-order valence-electron chi connectivity index (χ0n) is 15.8. The lowest BCUT2D eigenvalue weighted by Gasteiger charge is -2.35. The van der Waals surface area contributed by atoms with Gasteiger partial charge in [0.25, 0.3) is 0 Å². The molecule has 2 heterocycles. The number of hydrogen-bond donors (Lipinski definition) is 1. The lowest BCUT2D eigenvalue weighted by atomic mass is 9.78. The summed E-state index contributed by atoms with van der Waals surface area (Å²) in [6.45, 7) is 0. The maximum absolute atomic E-state index is 14.6. The fraction of sp³-hybridized carbons (Fsp3) is 0.227. The van der Waals surface area contributed by atoms with Crippen LogP contribution in [-0.4, -0.2) is 27.7 Å². The number of nitrogens with one attached hydrogen (secondary N) is 1. The minimum atomic E-state index is -0.616. The molecule has 0 bridgehead atoms. The number of nitrogens with zero attached hydrogens (tertiary/aromatic N) is 3. The van der Waals surface area contributed by atoms with Gasteiger partial charge in [-0.2, -0.15) is 10.1 Å². The highest BCUT2D eigenvalue weighted by atomic mass is 19.1. The molecule has 0 saturated carbocycles. The molecule has 1 N–H and O–H groups in total. The van der Waals surface area contributed by atoms with E-state index in [4.69, 9.17) is 4.74 Å². The number of allylic oxidation sites excluding steroid dienone is 2. The van der Waals surface area contributed by atoms with E-state index in [2.05, 4.69) is 15.4 Å². The Hall–Kier alpha value is -3.48. The smallest absolute Gasteiger partial charge is 0.226 e. The number of rotatable bonds is 3. The third-order valence-corrected chi connectivity index (χ3v) is 5.65. The second-order valence-electron chi connectivity index (χ2n) is 7.27. The van der Waals surface area contributed by atoms with E-state index in [1.54, 1.807) is 30.0 Å². The Morgan fingerprint density at radius 1 is 1.14 bits per heavy atom. The van der Waals surface area contributed by atoms with Crippen molar-refractivity contribution in [3.8, 4) is 5.75 Å². The first-order chi connectivity index (χ1) is 14.2. The minimum absolute atomic E-state index is 0.00558. The molecule has 0 saturated heterocycles. The van der Waals surface area contributed by atoms with Gasteiger partial charge in [-0.25, -0.2) is 9.07 Å². The highest BCUT2D eigenvalue weighted by Crippen LogP contribution is 2.44. The predicted octanol–water partition coefficient (Wildman–Crippen LogP) is 3.84. The molecule has 2 aliphatic rings. The van der Waals surface area contributed by atoms with Crippen LogP contribution in [0.5, 0.6) is 5.75 Å². The molecule has 6 nitrogen and oxygen atoms in total. The average Bonchev–Trinajstić information content (AvgIpc) is 3.21. The molecule has 0 unspecified atom stereocenters. The number of fused-ring (bicyclic) bond motifs is 1. The summed E-state index contributed by atoms with van der Waals surface area (Å²) in [6.07, 6.45) is 2.42. The molecule has 0 amide bonds. The van der Waals surface area contributed by atoms with E-state index < -0.39 is 6.04 Å². The number of ketones is 1. The maximum Gasteiger partial charge on any atom is 0.226 e. The summed E-state index contributed by atoms with van der Waals surface area (Å²) < 4.78 is 21.5. The van der Waals surface area contributed by atoms with Crippen LogP contribution in [0.1, 0.15) is 35.9 Å². The third kappa shape index (κ3) is 2.90. The van der Waals surface area contributed by atoms with E-state index in [0.29, 0.717) is 29.9 Å². The van der Waals surface area contributed by atoms with Crippen molar-refractivity contribution in [2.45, 2.75) is 24.8 Å². The van der Waals surface area contributed by atoms with Gasteiger partial charge in [-0.15, -0.1) is 0 Å². The number of methoxy groups -OCH3 is 1. The zero-order valence-corrected chi connectivity index (χ0v) is 15.8. The van der Waals surface area contributed by atoms with E-state index >= 15 is 0 Å². The number of aromatic nitrogens is 3. The third-order valence-electron chi connectivity index (χ3n) is 5.65. The molecule has 0 spiro atoms. The SMILES string of the molecule is COc1ccc([C@@H]2CC(=O)C3=C(C2)Nc2ncnn2[C@@H]3c2ccccc2F)cc1. The van der Waals surface area contributed by atoms with Gasteiger partial charge in [0.1, 0.15) is 23.9 Å². The van der Waals surface area contributed by atoms with Gasteiger partial charge in [-0.05, 0) is 36.1 Å². The molecule has 2 aromatic carbocycles. The van der Waals surface area contributed by atoms with E-state index in [1.807, 2.05) is 24.3 Å². The Bertz CT molecular complexity index is 1120. The second kappa shape index (κ2) is 6.84. The Kier molecular flexibility index (Phi) is 4.16. The van der Waals surface area contributed by atoms with Gasteiger partial charge >= 0.3 is 0 Å². The van der Waals surface area contributed by atoms with Crippen molar-refractivity contribution in [2.24, 2.45) is 0 Å². The Labute approximate surface area is 167 Å². The van der Waals surface area contributed by atoms with Crippen LogP contribution in [0.25, 0.3) is 0 Å². The maximum atomic E-state index is 14.6. The van der Waals surface area contributed by atoms with Crippen LogP contribution in [0.15, 0.2) is 66.1 Å². The monoisotopic (exact) mass is 390 g/mol. The number of carbonyl (C=O) groups is 1. The van der Waals surface area contributed by atoms with Crippen LogP contribution >= 0.6 is 0 Å². The lowest BCUT2D eigenvalue weighted by Crippen LogP contribution is -2.34. The van der Waals surface area contributed by atoms with Gasteiger partial charge in [-0.1, -0.05) is 30.3 Å². The Balaban J connectivity index is 1.57. The van der Waals surface area contributed by atoms with Crippen molar-refractivity contribution >= 4 is 11.7 Å². The van der Waals surface area contributed by atoms with Crippen LogP contribution in [0.3, 0.4) is 0 Å². The van der Waals surface area contributed by atoms with Crippen LogP contribution in [0.4, 0.5) is 10.3 Å². The molecule has 2 atom stereocenters. The Morgan fingerprint density at radius 2 is 1.93 bits per heavy atom. The van der Waals surface area contributed by atoms with E-state index in [9.17, 15) is 9.18 Å². The summed E-state index contributed by atoms with van der Waals surface area (Å²) in [6, 6.07) is 13.7. The molecule has 0 fully saturated rings. The van der Waals surface area contributed by atoms with Gasteiger partial charge in [0.15, 0.2) is 5.78 Å². The summed E-state index contributed by atoms with van der Waals surface area (Å²) in [7, 11) is 1.63. The van der Waals surface area contributed by atoms with Gasteiger partial charge in [0.05, 0.1) is 7.11 Å². The molecular weight excluding hydrogens is 371 g/mol. The second-order valence-corrected chi connectivity index (χ2v) is 7.27. The molecule has 1 aromatic heterocycles. The molecule has 1 aliphatic heterocycles. The van der Waals surface area contributed by atoms with Crippen LogP contribution in [0.2, 0.25) is 0 Å². The standard InChI is InChI=1S/C22H19FN4O2/c1-29-15-8-6-13(7-9-15)14-10-18-20(19(28)11-14)21(16-4-2-3-5-17(16)23)27-22(26-18)24-12-25-27/h2-9,12,14,21H,10-11H2,1H3,(H,24,25,26)/t14-,21+/m0/s1. The first-order valence-electron chi connectivity index (χ1n) is 9.47. The fourth-order valence-corrected chi connectivity index (χ4v) is 4.25. The van der Waals surface area contributed by atoms with Crippen molar-refractivity contribution in [3.05, 3.63) is 83.1 Å². The van der Waals surface area contributed by atoms with Crippen molar-refractivity contribution in [2.75, 3.05) is 12.4 Å². The molecule has 5 rings (SSSR count). The summed E-state index contributed by atoms with van der Waals surface area (Å²) in [4.78, 5) is 17.5. The molecule has 146 valence electrons. The predicted molar refractivity (Wildman–Crippen MR) is 105 cm³/mol. The van der Waals surface area contributed by atoms with Crippen molar-refractivity contribution < 1.29 is 13.9 Å². The molecular formula is C22H19FN4O2. The first-order valence-corrected chi connectivity index (χ1v) is 9.47. The van der Waals surface area contributed by atoms with Crippen LogP contribution < -0.4 is 10.1 Å². The fourth-order valence-electron chi connectivity index (χ4n) is 4.25. The van der Waals surface area contributed by atoms with Gasteiger partial charge < -0.3 is 10.1 Å². The number of benzene rings is 2. The highest BCUT2D eigenvalue weighted by Gasteiger charge is 2.40.